The first-order valence-electron chi connectivity index (χ1n) is 8.16. The van der Waals surface area contributed by atoms with Crippen LogP contribution in [0.3, 0.4) is 0 Å². The van der Waals surface area contributed by atoms with Crippen LogP contribution in [-0.2, 0) is 14.9 Å². The monoisotopic (exact) mass is 317 g/mol. The van der Waals surface area contributed by atoms with Crippen LogP contribution in [0.5, 0.6) is 0 Å². The Hall–Kier alpha value is -0.210. The molecule has 0 bridgehead atoms. The molecule has 0 radical (unpaired) electrons. The minimum Gasteiger partial charge on any atom is -0.376 e. The Morgan fingerprint density at radius 2 is 1.81 bits per heavy atom. The molecule has 21 heavy (non-hydrogen) atoms. The molecule has 2 aliphatic heterocycles. The van der Waals surface area contributed by atoms with Gasteiger partial charge < -0.3 is 10.1 Å². The first-order valence-corrected chi connectivity index (χ1v) is 9.55. The van der Waals surface area contributed by atoms with Gasteiger partial charge in [-0.05, 0) is 45.1 Å². The van der Waals surface area contributed by atoms with Gasteiger partial charge >= 0.3 is 0 Å². The predicted molar refractivity (Wildman–Crippen MR) is 81.2 cm³/mol. The molecule has 3 rings (SSSR count). The second-order valence-corrected chi connectivity index (χ2v) is 8.50. The lowest BCUT2D eigenvalue weighted by Gasteiger charge is -2.37. The van der Waals surface area contributed by atoms with Gasteiger partial charge in [0.1, 0.15) is 0 Å². The largest absolute Gasteiger partial charge is 0.376 e. The molecule has 0 aromatic heterocycles. The molecular formula is C14H27N3O3S. The number of rotatable bonds is 5. The Kier molecular flexibility index (Phi) is 4.85. The van der Waals surface area contributed by atoms with Gasteiger partial charge in [-0.25, -0.2) is 0 Å². The zero-order valence-electron chi connectivity index (χ0n) is 12.8. The second kappa shape index (κ2) is 6.50. The fourth-order valence-corrected chi connectivity index (χ4v) is 4.83. The summed E-state index contributed by atoms with van der Waals surface area (Å²) in [5.41, 5.74) is 0. The third kappa shape index (κ3) is 3.96. The summed E-state index contributed by atoms with van der Waals surface area (Å²) in [7, 11) is -3.29. The zero-order chi connectivity index (χ0) is 14.9. The van der Waals surface area contributed by atoms with Crippen LogP contribution in [0.1, 0.15) is 32.6 Å². The van der Waals surface area contributed by atoms with Gasteiger partial charge in [-0.2, -0.15) is 17.0 Å². The van der Waals surface area contributed by atoms with E-state index in [0.29, 0.717) is 38.7 Å². The number of hydrogen-bond donors (Lipinski definition) is 1. The Morgan fingerprint density at radius 3 is 2.43 bits per heavy atom. The van der Waals surface area contributed by atoms with E-state index in [1.807, 2.05) is 6.92 Å². The smallest absolute Gasteiger partial charge is 0.282 e. The van der Waals surface area contributed by atoms with Crippen molar-refractivity contribution in [2.75, 3.05) is 39.3 Å². The van der Waals surface area contributed by atoms with Gasteiger partial charge in [0.05, 0.1) is 12.7 Å². The molecule has 1 unspecified atom stereocenters. The van der Waals surface area contributed by atoms with Crippen molar-refractivity contribution in [2.45, 2.75) is 44.8 Å². The minimum atomic E-state index is -3.29. The Bertz CT molecular complexity index is 444. The summed E-state index contributed by atoms with van der Waals surface area (Å²) >= 11 is 0. The Balaban J connectivity index is 1.50. The molecule has 7 heteroatoms. The van der Waals surface area contributed by atoms with Crippen LogP contribution in [0.4, 0.5) is 0 Å². The number of morpholine rings is 1. The van der Waals surface area contributed by atoms with Crippen LogP contribution < -0.4 is 5.32 Å². The predicted octanol–water partition coefficient (Wildman–Crippen LogP) is 0.416. The lowest BCUT2D eigenvalue weighted by molar-refractivity contribution is 0.00788. The van der Waals surface area contributed by atoms with E-state index in [4.69, 9.17) is 4.74 Å². The quantitative estimate of drug-likeness (QED) is 0.798. The summed E-state index contributed by atoms with van der Waals surface area (Å²) in [6, 6.07) is 0.738. The molecule has 1 aliphatic carbocycles. The maximum atomic E-state index is 12.6. The van der Waals surface area contributed by atoms with Gasteiger partial charge in [-0.3, -0.25) is 0 Å². The van der Waals surface area contributed by atoms with E-state index in [2.05, 4.69) is 5.32 Å². The van der Waals surface area contributed by atoms with Crippen LogP contribution in [0.25, 0.3) is 0 Å². The molecule has 1 atom stereocenters. The van der Waals surface area contributed by atoms with Crippen molar-refractivity contribution in [3.8, 4) is 0 Å². The molecule has 6 nitrogen and oxygen atoms in total. The van der Waals surface area contributed by atoms with Crippen LogP contribution in [-0.4, -0.2) is 68.5 Å². The molecule has 3 fully saturated rings. The van der Waals surface area contributed by atoms with E-state index in [1.54, 1.807) is 8.61 Å². The van der Waals surface area contributed by atoms with Gasteiger partial charge in [0.15, 0.2) is 0 Å². The summed E-state index contributed by atoms with van der Waals surface area (Å²) in [5, 5.41) is 3.55. The third-order valence-electron chi connectivity index (χ3n) is 4.70. The average Bonchev–Trinajstić information content (AvgIpc) is 3.30. The standard InChI is InChI=1S/C14H27N3O3S/c1-12-11-17(8-9-20-12)21(18,19)16-6-4-13(5-7-16)10-15-14-2-3-14/h12-15H,2-11H2,1H3. The van der Waals surface area contributed by atoms with E-state index in [1.165, 1.54) is 12.8 Å². The van der Waals surface area contributed by atoms with Crippen LogP contribution in [0.2, 0.25) is 0 Å². The number of nitrogens with zero attached hydrogens (tertiary/aromatic N) is 2. The summed E-state index contributed by atoms with van der Waals surface area (Å²) in [5.74, 6) is 0.626. The average molecular weight is 317 g/mol. The van der Waals surface area contributed by atoms with E-state index in [9.17, 15) is 8.42 Å². The number of piperidine rings is 1. The summed E-state index contributed by atoms with van der Waals surface area (Å²) in [4.78, 5) is 0. The second-order valence-electron chi connectivity index (χ2n) is 6.57. The van der Waals surface area contributed by atoms with Gasteiger partial charge in [-0.1, -0.05) is 0 Å². The normalized spacial score (nSPS) is 30.6. The van der Waals surface area contributed by atoms with Gasteiger partial charge in [0.2, 0.25) is 0 Å². The van der Waals surface area contributed by atoms with E-state index in [-0.39, 0.29) is 6.10 Å². The molecule has 0 aromatic carbocycles. The lowest BCUT2D eigenvalue weighted by atomic mass is 9.98. The van der Waals surface area contributed by atoms with Crippen molar-refractivity contribution < 1.29 is 13.2 Å². The molecule has 1 N–H and O–H groups in total. The number of hydrogen-bond acceptors (Lipinski definition) is 4. The molecule has 0 amide bonds. The molecule has 1 saturated carbocycles. The highest BCUT2D eigenvalue weighted by Crippen LogP contribution is 2.24. The van der Waals surface area contributed by atoms with Crippen molar-refractivity contribution in [2.24, 2.45) is 5.92 Å². The van der Waals surface area contributed by atoms with Crippen LogP contribution >= 0.6 is 0 Å². The molecule has 122 valence electrons. The molecular weight excluding hydrogens is 290 g/mol. The molecule has 0 aromatic rings. The van der Waals surface area contributed by atoms with Crippen LogP contribution in [0, 0.1) is 5.92 Å². The zero-order valence-corrected chi connectivity index (χ0v) is 13.6. The topological polar surface area (TPSA) is 61.9 Å². The highest BCUT2D eigenvalue weighted by atomic mass is 32.2. The van der Waals surface area contributed by atoms with E-state index < -0.39 is 10.2 Å². The first kappa shape index (κ1) is 15.7. The van der Waals surface area contributed by atoms with Gasteiger partial charge in [-0.15, -0.1) is 0 Å². The Morgan fingerprint density at radius 1 is 1.10 bits per heavy atom. The van der Waals surface area contributed by atoms with Crippen molar-refractivity contribution in [3.63, 3.8) is 0 Å². The number of ether oxygens (including phenoxy) is 1. The minimum absolute atomic E-state index is 0.00574. The van der Waals surface area contributed by atoms with Crippen molar-refractivity contribution in [1.29, 1.82) is 0 Å². The maximum absolute atomic E-state index is 12.6. The third-order valence-corrected chi connectivity index (χ3v) is 6.70. The van der Waals surface area contributed by atoms with Crippen molar-refractivity contribution in [3.05, 3.63) is 0 Å². The number of nitrogens with one attached hydrogen (secondary N) is 1. The lowest BCUT2D eigenvalue weighted by Crippen LogP contribution is -2.52. The van der Waals surface area contributed by atoms with Gasteiger partial charge in [0.25, 0.3) is 10.2 Å². The highest BCUT2D eigenvalue weighted by molar-refractivity contribution is 7.86. The summed E-state index contributed by atoms with van der Waals surface area (Å²) in [6.45, 7) is 5.75. The fourth-order valence-electron chi connectivity index (χ4n) is 3.12. The SMILES string of the molecule is CC1CN(S(=O)(=O)N2CCC(CNC3CC3)CC2)CCO1. The highest BCUT2D eigenvalue weighted by Gasteiger charge is 2.35. The van der Waals surface area contributed by atoms with E-state index >= 15 is 0 Å². The molecule has 0 spiro atoms. The Labute approximate surface area is 128 Å². The summed E-state index contributed by atoms with van der Waals surface area (Å²) in [6.07, 6.45) is 4.55. The summed E-state index contributed by atoms with van der Waals surface area (Å²) < 4.78 is 34.0. The van der Waals surface area contributed by atoms with E-state index in [0.717, 1.165) is 25.4 Å². The maximum Gasteiger partial charge on any atom is 0.282 e. The molecule has 3 aliphatic rings. The van der Waals surface area contributed by atoms with Crippen LogP contribution in [0.15, 0.2) is 0 Å². The fraction of sp³-hybridized carbons (Fsp3) is 1.00. The first-order chi connectivity index (χ1) is 10.1. The van der Waals surface area contributed by atoms with Gasteiger partial charge in [0, 0.05) is 32.2 Å². The molecule has 2 saturated heterocycles. The van der Waals surface area contributed by atoms with Crippen molar-refractivity contribution >= 4 is 10.2 Å². The van der Waals surface area contributed by atoms with Crippen molar-refractivity contribution in [1.82, 2.24) is 13.9 Å². The molecule has 2 heterocycles.